The molecule has 0 spiro atoms. The summed E-state index contributed by atoms with van der Waals surface area (Å²) in [4.78, 5) is 0. The standard InChI is InChI=1S/C44H33N/c1-3-44(4-2)40-25-29(28-45)21-23-34(40)35-24-22-33(27-41(35)44)43-38-19-10-8-17-36(38)42(37-18-9-11-20-39(37)43)32-16-12-15-31(26-32)30-13-6-5-7-14-30/h5-27H,3-4H2,1-2H3. The van der Waals surface area contributed by atoms with Crippen LogP contribution in [0.2, 0.25) is 0 Å². The highest BCUT2D eigenvalue weighted by Crippen LogP contribution is 2.54. The van der Waals surface area contributed by atoms with Crippen molar-refractivity contribution in [2.75, 3.05) is 0 Å². The van der Waals surface area contributed by atoms with E-state index in [0.717, 1.165) is 18.4 Å². The molecule has 8 rings (SSSR count). The van der Waals surface area contributed by atoms with Crippen LogP contribution in [0.4, 0.5) is 0 Å². The van der Waals surface area contributed by atoms with Gasteiger partial charge in [0.2, 0.25) is 0 Å². The number of nitriles is 1. The van der Waals surface area contributed by atoms with Gasteiger partial charge in [0.25, 0.3) is 0 Å². The Kier molecular flexibility index (Phi) is 6.40. The molecule has 1 nitrogen and oxygen atoms in total. The zero-order valence-corrected chi connectivity index (χ0v) is 25.6. The van der Waals surface area contributed by atoms with Crippen molar-refractivity contribution in [3.05, 3.63) is 156 Å². The van der Waals surface area contributed by atoms with E-state index in [1.54, 1.807) is 0 Å². The third-order valence-corrected chi connectivity index (χ3v) is 10.2. The minimum atomic E-state index is -0.114. The first-order valence-electron chi connectivity index (χ1n) is 16.0. The fourth-order valence-electron chi connectivity index (χ4n) is 7.97. The molecule has 1 heteroatoms. The molecule has 0 saturated carbocycles. The maximum Gasteiger partial charge on any atom is 0.0991 e. The maximum atomic E-state index is 9.72. The number of nitrogens with zero attached hydrogens (tertiary/aromatic N) is 1. The Morgan fingerprint density at radius 1 is 0.467 bits per heavy atom. The predicted octanol–water partition coefficient (Wildman–Crippen LogP) is 12.0. The molecule has 45 heavy (non-hydrogen) atoms. The summed E-state index contributed by atoms with van der Waals surface area (Å²) >= 11 is 0. The first-order valence-corrected chi connectivity index (χ1v) is 16.0. The lowest BCUT2D eigenvalue weighted by Gasteiger charge is -2.30. The van der Waals surface area contributed by atoms with Crippen LogP contribution in [-0.2, 0) is 5.41 Å². The normalized spacial score (nSPS) is 13.0. The smallest absolute Gasteiger partial charge is 0.0991 e. The van der Waals surface area contributed by atoms with E-state index in [2.05, 4.69) is 153 Å². The summed E-state index contributed by atoms with van der Waals surface area (Å²) in [5.74, 6) is 0. The highest BCUT2D eigenvalue weighted by molar-refractivity contribution is 6.21. The lowest BCUT2D eigenvalue weighted by atomic mass is 9.73. The van der Waals surface area contributed by atoms with E-state index < -0.39 is 0 Å². The molecule has 7 aromatic carbocycles. The van der Waals surface area contributed by atoms with E-state index in [1.165, 1.54) is 77.2 Å². The molecule has 0 aromatic heterocycles. The number of hydrogen-bond donors (Lipinski definition) is 0. The molecule has 0 aliphatic heterocycles. The van der Waals surface area contributed by atoms with E-state index in [1.807, 2.05) is 6.07 Å². The number of rotatable bonds is 5. The van der Waals surface area contributed by atoms with E-state index >= 15 is 0 Å². The fraction of sp³-hybridized carbons (Fsp3) is 0.114. The Hall–Kier alpha value is -5.45. The first-order chi connectivity index (χ1) is 22.2. The summed E-state index contributed by atoms with van der Waals surface area (Å²) < 4.78 is 0. The molecule has 0 N–H and O–H groups in total. The minimum Gasteiger partial charge on any atom is -0.192 e. The maximum absolute atomic E-state index is 9.72. The molecule has 0 saturated heterocycles. The summed E-state index contributed by atoms with van der Waals surface area (Å²) in [6, 6.07) is 53.1. The van der Waals surface area contributed by atoms with Crippen LogP contribution in [0.25, 0.3) is 66.1 Å². The van der Waals surface area contributed by atoms with Crippen molar-refractivity contribution in [3.63, 3.8) is 0 Å². The molecule has 214 valence electrons. The molecular weight excluding hydrogens is 542 g/mol. The van der Waals surface area contributed by atoms with Crippen LogP contribution < -0.4 is 0 Å². The van der Waals surface area contributed by atoms with Crippen LogP contribution >= 0.6 is 0 Å². The Morgan fingerprint density at radius 2 is 0.956 bits per heavy atom. The van der Waals surface area contributed by atoms with Gasteiger partial charge in [-0.25, -0.2) is 0 Å². The van der Waals surface area contributed by atoms with E-state index in [4.69, 9.17) is 0 Å². The van der Waals surface area contributed by atoms with E-state index in [0.29, 0.717) is 0 Å². The molecule has 0 radical (unpaired) electrons. The van der Waals surface area contributed by atoms with Gasteiger partial charge in [-0.1, -0.05) is 129 Å². The van der Waals surface area contributed by atoms with Gasteiger partial charge in [0.1, 0.15) is 0 Å². The molecular formula is C44H33N. The van der Waals surface area contributed by atoms with Crippen LogP contribution in [0.15, 0.2) is 140 Å². The highest BCUT2D eigenvalue weighted by Gasteiger charge is 2.41. The second-order valence-electron chi connectivity index (χ2n) is 12.2. The summed E-state index contributed by atoms with van der Waals surface area (Å²) in [5, 5.41) is 14.8. The molecule has 0 bridgehead atoms. The number of hydrogen-bond acceptors (Lipinski definition) is 1. The summed E-state index contributed by atoms with van der Waals surface area (Å²) in [6.45, 7) is 4.58. The van der Waals surface area contributed by atoms with E-state index in [-0.39, 0.29) is 5.41 Å². The van der Waals surface area contributed by atoms with Gasteiger partial charge >= 0.3 is 0 Å². The second-order valence-corrected chi connectivity index (χ2v) is 12.2. The van der Waals surface area contributed by atoms with Crippen molar-refractivity contribution in [2.24, 2.45) is 0 Å². The van der Waals surface area contributed by atoms with Gasteiger partial charge in [-0.05, 0) is 114 Å². The number of benzene rings is 7. The first kappa shape index (κ1) is 27.1. The lowest BCUT2D eigenvalue weighted by Crippen LogP contribution is -2.23. The van der Waals surface area contributed by atoms with Gasteiger partial charge < -0.3 is 0 Å². The Bertz CT molecular complexity index is 2240. The molecule has 0 amide bonds. The zero-order valence-electron chi connectivity index (χ0n) is 25.6. The van der Waals surface area contributed by atoms with Crippen LogP contribution in [0.3, 0.4) is 0 Å². The third kappa shape index (κ3) is 4.07. The molecule has 1 aliphatic carbocycles. The molecule has 0 fully saturated rings. The van der Waals surface area contributed by atoms with Gasteiger partial charge in [0.15, 0.2) is 0 Å². The number of fused-ring (bicyclic) bond motifs is 5. The third-order valence-electron chi connectivity index (χ3n) is 10.2. The summed E-state index contributed by atoms with van der Waals surface area (Å²) in [5.41, 5.74) is 13.3. The van der Waals surface area contributed by atoms with Crippen LogP contribution in [0.5, 0.6) is 0 Å². The van der Waals surface area contributed by atoms with E-state index in [9.17, 15) is 5.26 Å². The quantitative estimate of drug-likeness (QED) is 0.187. The van der Waals surface area contributed by atoms with Crippen molar-refractivity contribution >= 4 is 21.5 Å². The minimum absolute atomic E-state index is 0.114. The molecule has 0 atom stereocenters. The predicted molar refractivity (Wildman–Crippen MR) is 189 cm³/mol. The average Bonchev–Trinajstić information content (AvgIpc) is 3.39. The van der Waals surface area contributed by atoms with Crippen LogP contribution in [0, 0.1) is 11.3 Å². The van der Waals surface area contributed by atoms with Crippen molar-refractivity contribution in [2.45, 2.75) is 32.1 Å². The monoisotopic (exact) mass is 575 g/mol. The van der Waals surface area contributed by atoms with Crippen LogP contribution in [0.1, 0.15) is 43.4 Å². The average molecular weight is 576 g/mol. The van der Waals surface area contributed by atoms with Crippen LogP contribution in [-0.4, -0.2) is 0 Å². The van der Waals surface area contributed by atoms with Gasteiger partial charge in [0.05, 0.1) is 11.6 Å². The topological polar surface area (TPSA) is 23.8 Å². The molecule has 1 aliphatic rings. The van der Waals surface area contributed by atoms with Crippen molar-refractivity contribution in [3.8, 4) is 50.6 Å². The molecule has 0 heterocycles. The SMILES string of the molecule is CCC1(CC)c2cc(C#N)ccc2-c2ccc(-c3c4ccccc4c(-c4cccc(-c5ccccc5)c4)c4ccccc34)cc21. The Balaban J connectivity index is 1.39. The largest absolute Gasteiger partial charge is 0.192 e. The molecule has 7 aromatic rings. The van der Waals surface area contributed by atoms with Gasteiger partial charge in [0, 0.05) is 5.41 Å². The van der Waals surface area contributed by atoms with Gasteiger partial charge in [-0.3, -0.25) is 0 Å². The second kappa shape index (κ2) is 10.6. The highest BCUT2D eigenvalue weighted by atomic mass is 14.4. The van der Waals surface area contributed by atoms with Crippen molar-refractivity contribution in [1.82, 2.24) is 0 Å². The van der Waals surface area contributed by atoms with Crippen molar-refractivity contribution < 1.29 is 0 Å². The molecule has 0 unspecified atom stereocenters. The summed E-state index contributed by atoms with van der Waals surface area (Å²) in [6.07, 6.45) is 1.97. The lowest BCUT2D eigenvalue weighted by molar-refractivity contribution is 0.490. The zero-order chi connectivity index (χ0) is 30.5. The fourth-order valence-corrected chi connectivity index (χ4v) is 7.97. The van der Waals surface area contributed by atoms with Crippen molar-refractivity contribution in [1.29, 1.82) is 5.26 Å². The van der Waals surface area contributed by atoms with Gasteiger partial charge in [-0.15, -0.1) is 0 Å². The summed E-state index contributed by atoms with van der Waals surface area (Å²) in [7, 11) is 0. The Labute approximate surface area is 265 Å². The Morgan fingerprint density at radius 3 is 1.53 bits per heavy atom. The van der Waals surface area contributed by atoms with Gasteiger partial charge in [-0.2, -0.15) is 5.26 Å².